The third-order valence-corrected chi connectivity index (χ3v) is 6.77. The van der Waals surface area contributed by atoms with Crippen LogP contribution < -0.4 is 4.72 Å². The summed E-state index contributed by atoms with van der Waals surface area (Å²) in [6, 6.07) is 11.2. The highest BCUT2D eigenvalue weighted by molar-refractivity contribution is 7.89. The monoisotopic (exact) mass is 410 g/mol. The van der Waals surface area contributed by atoms with Gasteiger partial charge in [-0.1, -0.05) is 35.9 Å². The number of aryl methyl sites for hydroxylation is 2. The molecule has 0 spiro atoms. The van der Waals surface area contributed by atoms with Gasteiger partial charge in [0.15, 0.2) is 0 Å². The fraction of sp³-hybridized carbons (Fsp3) is 0.167. The molecule has 0 aliphatic rings. The zero-order valence-corrected chi connectivity index (χ0v) is 16.5. The predicted molar refractivity (Wildman–Crippen MR) is 102 cm³/mol. The third-order valence-electron chi connectivity index (χ3n) is 3.89. The minimum atomic E-state index is -3.80. The van der Waals surface area contributed by atoms with Crippen molar-refractivity contribution in [1.29, 1.82) is 0 Å². The lowest BCUT2D eigenvalue weighted by Crippen LogP contribution is -2.23. The van der Waals surface area contributed by atoms with Gasteiger partial charge in [-0.3, -0.25) is 0 Å². The Labute approximate surface area is 160 Å². The Hall–Kier alpha value is -1.80. The minimum absolute atomic E-state index is 0.0785. The molecule has 26 heavy (non-hydrogen) atoms. The van der Waals surface area contributed by atoms with Crippen molar-refractivity contribution in [3.63, 3.8) is 0 Å². The fourth-order valence-corrected chi connectivity index (χ4v) is 4.86. The first-order valence-corrected chi connectivity index (χ1v) is 10.4. The first kappa shape index (κ1) is 19.0. The summed E-state index contributed by atoms with van der Waals surface area (Å²) in [5.41, 5.74) is 2.91. The van der Waals surface area contributed by atoms with Gasteiger partial charge in [0.05, 0.1) is 15.6 Å². The number of sulfonamides is 1. The Kier molecular flexibility index (Phi) is 5.43. The van der Waals surface area contributed by atoms with Gasteiger partial charge in [-0.15, -0.1) is 11.3 Å². The van der Waals surface area contributed by atoms with E-state index in [1.165, 1.54) is 17.4 Å². The van der Waals surface area contributed by atoms with Crippen molar-refractivity contribution < 1.29 is 12.8 Å². The summed E-state index contributed by atoms with van der Waals surface area (Å²) in [6.45, 7) is 3.95. The van der Waals surface area contributed by atoms with E-state index in [0.29, 0.717) is 0 Å². The third kappa shape index (κ3) is 3.96. The number of hydrogen-bond acceptors (Lipinski definition) is 4. The zero-order chi connectivity index (χ0) is 18.9. The van der Waals surface area contributed by atoms with Gasteiger partial charge in [0.25, 0.3) is 0 Å². The molecule has 1 N–H and O–H groups in total. The van der Waals surface area contributed by atoms with Crippen molar-refractivity contribution in [2.45, 2.75) is 25.3 Å². The van der Waals surface area contributed by atoms with Crippen LogP contribution in [0.25, 0.3) is 10.6 Å². The zero-order valence-electron chi connectivity index (χ0n) is 14.1. The predicted octanol–water partition coefficient (Wildman–Crippen LogP) is 4.70. The molecule has 4 nitrogen and oxygen atoms in total. The molecule has 0 amide bonds. The number of thiazole rings is 1. The van der Waals surface area contributed by atoms with Crippen molar-refractivity contribution in [3.05, 3.63) is 69.4 Å². The Morgan fingerprint density at radius 2 is 1.92 bits per heavy atom. The van der Waals surface area contributed by atoms with Crippen molar-refractivity contribution >= 4 is 33.0 Å². The minimum Gasteiger partial charge on any atom is -0.241 e. The number of nitrogens with one attached hydrogen (secondary N) is 1. The molecule has 0 saturated carbocycles. The summed E-state index contributed by atoms with van der Waals surface area (Å²) in [7, 11) is -3.80. The number of benzene rings is 2. The van der Waals surface area contributed by atoms with E-state index in [-0.39, 0.29) is 16.5 Å². The van der Waals surface area contributed by atoms with E-state index in [0.717, 1.165) is 38.8 Å². The fourth-order valence-electron chi connectivity index (χ4n) is 2.41. The molecule has 0 aliphatic heterocycles. The van der Waals surface area contributed by atoms with Crippen molar-refractivity contribution in [2.24, 2.45) is 0 Å². The molecule has 0 bridgehead atoms. The van der Waals surface area contributed by atoms with Crippen LogP contribution >= 0.6 is 22.9 Å². The highest BCUT2D eigenvalue weighted by atomic mass is 35.5. The van der Waals surface area contributed by atoms with Gasteiger partial charge in [-0.05, 0) is 37.6 Å². The quantitative estimate of drug-likeness (QED) is 0.663. The average Bonchev–Trinajstić information content (AvgIpc) is 2.96. The molecule has 0 atom stereocenters. The van der Waals surface area contributed by atoms with Crippen LogP contribution in [-0.2, 0) is 16.6 Å². The number of nitrogens with zero attached hydrogens (tertiary/aromatic N) is 1. The maximum Gasteiger partial charge on any atom is 0.240 e. The molecule has 0 radical (unpaired) electrons. The summed E-state index contributed by atoms with van der Waals surface area (Å²) < 4.78 is 40.6. The smallest absolute Gasteiger partial charge is 0.240 e. The van der Waals surface area contributed by atoms with E-state index in [2.05, 4.69) is 9.71 Å². The molecule has 0 aliphatic carbocycles. The maximum absolute atomic E-state index is 13.2. The van der Waals surface area contributed by atoms with E-state index in [4.69, 9.17) is 11.6 Å². The van der Waals surface area contributed by atoms with Crippen molar-refractivity contribution in [3.8, 4) is 10.6 Å². The van der Waals surface area contributed by atoms with Crippen LogP contribution in [-0.4, -0.2) is 13.4 Å². The molecular weight excluding hydrogens is 395 g/mol. The van der Waals surface area contributed by atoms with Gasteiger partial charge in [0.2, 0.25) is 10.0 Å². The molecule has 3 aromatic rings. The van der Waals surface area contributed by atoms with E-state index in [1.54, 1.807) is 0 Å². The second-order valence-electron chi connectivity index (χ2n) is 5.74. The first-order chi connectivity index (χ1) is 12.3. The summed E-state index contributed by atoms with van der Waals surface area (Å²) >= 11 is 7.12. The molecular formula is C18H16ClFN2O2S2. The second kappa shape index (κ2) is 7.44. The van der Waals surface area contributed by atoms with Gasteiger partial charge in [0, 0.05) is 17.0 Å². The van der Waals surface area contributed by atoms with Crippen molar-refractivity contribution in [1.82, 2.24) is 9.71 Å². The summed E-state index contributed by atoms with van der Waals surface area (Å²) in [5.74, 6) is -0.660. The highest BCUT2D eigenvalue weighted by Crippen LogP contribution is 2.30. The van der Waals surface area contributed by atoms with E-state index >= 15 is 0 Å². The number of rotatable bonds is 5. The number of hydrogen-bond donors (Lipinski definition) is 1. The number of aromatic nitrogens is 1. The van der Waals surface area contributed by atoms with Crippen LogP contribution in [0.4, 0.5) is 4.39 Å². The maximum atomic E-state index is 13.2. The lowest BCUT2D eigenvalue weighted by atomic mass is 10.1. The van der Waals surface area contributed by atoms with E-state index < -0.39 is 15.8 Å². The van der Waals surface area contributed by atoms with Gasteiger partial charge in [-0.25, -0.2) is 22.5 Å². The molecule has 3 rings (SSSR count). The van der Waals surface area contributed by atoms with Crippen LogP contribution in [0, 0.1) is 19.7 Å². The molecule has 2 aromatic carbocycles. The van der Waals surface area contributed by atoms with E-state index in [9.17, 15) is 12.8 Å². The first-order valence-electron chi connectivity index (χ1n) is 7.75. The van der Waals surface area contributed by atoms with Crippen LogP contribution in [0.5, 0.6) is 0 Å². The summed E-state index contributed by atoms with van der Waals surface area (Å²) in [4.78, 5) is 5.29. The molecule has 0 unspecified atom stereocenters. The Balaban J connectivity index is 1.81. The van der Waals surface area contributed by atoms with Crippen LogP contribution in [0.1, 0.15) is 16.1 Å². The summed E-state index contributed by atoms with van der Waals surface area (Å²) in [6.07, 6.45) is 0. The van der Waals surface area contributed by atoms with Crippen molar-refractivity contribution in [2.75, 3.05) is 0 Å². The number of halogens is 2. The Bertz CT molecular complexity index is 1060. The molecule has 136 valence electrons. The molecule has 0 fully saturated rings. The Morgan fingerprint density at radius 1 is 1.19 bits per heavy atom. The highest BCUT2D eigenvalue weighted by Gasteiger charge is 2.18. The topological polar surface area (TPSA) is 59.1 Å². The van der Waals surface area contributed by atoms with Gasteiger partial charge >= 0.3 is 0 Å². The molecule has 1 aromatic heterocycles. The SMILES string of the molecule is Cc1ccccc1-c1nc(C)c(CNS(=O)(=O)c2ccc(F)c(Cl)c2)s1. The van der Waals surface area contributed by atoms with Gasteiger partial charge in [-0.2, -0.15) is 0 Å². The van der Waals surface area contributed by atoms with Crippen LogP contribution in [0.15, 0.2) is 47.4 Å². The van der Waals surface area contributed by atoms with Crippen LogP contribution in [0.2, 0.25) is 5.02 Å². The molecule has 8 heteroatoms. The summed E-state index contributed by atoms with van der Waals surface area (Å²) in [5, 5.41) is 0.614. The van der Waals surface area contributed by atoms with Gasteiger partial charge < -0.3 is 0 Å². The largest absolute Gasteiger partial charge is 0.241 e. The lowest BCUT2D eigenvalue weighted by molar-refractivity contribution is 0.580. The lowest BCUT2D eigenvalue weighted by Gasteiger charge is -2.06. The Morgan fingerprint density at radius 3 is 2.62 bits per heavy atom. The van der Waals surface area contributed by atoms with Crippen LogP contribution in [0.3, 0.4) is 0 Å². The standard InChI is InChI=1S/C18H16ClFN2O2S2/c1-11-5-3-4-6-14(11)18-22-12(2)17(25-18)10-21-26(23,24)13-7-8-16(20)15(19)9-13/h3-9,21H,10H2,1-2H3. The normalized spacial score (nSPS) is 11.7. The van der Waals surface area contributed by atoms with Gasteiger partial charge in [0.1, 0.15) is 10.8 Å². The van der Waals surface area contributed by atoms with E-state index in [1.807, 2.05) is 38.1 Å². The average molecular weight is 411 g/mol. The second-order valence-corrected chi connectivity index (χ2v) is 9.00. The molecule has 0 saturated heterocycles. The molecule has 1 heterocycles.